The molecular formula is C14H13ClO3. The number of halogens is 1. The van der Waals surface area contributed by atoms with E-state index in [9.17, 15) is 9.90 Å². The minimum absolute atomic E-state index is 0.325. The van der Waals surface area contributed by atoms with Crippen molar-refractivity contribution in [3.63, 3.8) is 0 Å². The molecule has 1 aliphatic rings. The summed E-state index contributed by atoms with van der Waals surface area (Å²) < 4.78 is 5.29. The highest BCUT2D eigenvalue weighted by Crippen LogP contribution is 2.37. The average molecular weight is 265 g/mol. The Morgan fingerprint density at radius 2 is 2.22 bits per heavy atom. The summed E-state index contributed by atoms with van der Waals surface area (Å²) in [6, 6.07) is 5.38. The van der Waals surface area contributed by atoms with Crippen LogP contribution < -0.4 is 5.63 Å². The molecule has 0 unspecified atom stereocenters. The van der Waals surface area contributed by atoms with Crippen molar-refractivity contribution in [3.8, 4) is 0 Å². The molecule has 3 rings (SSSR count). The fourth-order valence-corrected chi connectivity index (χ4v) is 2.85. The first-order valence-corrected chi connectivity index (χ1v) is 6.40. The standard InChI is InChI=1S/C14H13ClO3/c1-7-6-11(16)18-14-9(7)4-2-8-3-5-10(15)13(17)12(8)14/h2,4,6,10,13,17H,3,5H2,1H3/t10-,13+/m1/s1. The topological polar surface area (TPSA) is 50.4 Å². The molecular weight excluding hydrogens is 252 g/mol. The van der Waals surface area contributed by atoms with Crippen LogP contribution in [0.4, 0.5) is 0 Å². The normalized spacial score (nSPS) is 23.1. The highest BCUT2D eigenvalue weighted by molar-refractivity contribution is 6.21. The van der Waals surface area contributed by atoms with E-state index in [2.05, 4.69) is 0 Å². The van der Waals surface area contributed by atoms with Crippen molar-refractivity contribution < 1.29 is 9.52 Å². The van der Waals surface area contributed by atoms with Crippen molar-refractivity contribution in [2.24, 2.45) is 0 Å². The van der Waals surface area contributed by atoms with Crippen LogP contribution in [0.3, 0.4) is 0 Å². The van der Waals surface area contributed by atoms with Crippen molar-refractivity contribution in [1.29, 1.82) is 0 Å². The van der Waals surface area contributed by atoms with Crippen molar-refractivity contribution in [1.82, 2.24) is 0 Å². The molecule has 4 heteroatoms. The molecule has 18 heavy (non-hydrogen) atoms. The Hall–Kier alpha value is -1.32. The second kappa shape index (κ2) is 4.11. The lowest BCUT2D eigenvalue weighted by atomic mass is 9.87. The molecule has 2 atom stereocenters. The van der Waals surface area contributed by atoms with Gasteiger partial charge in [0.05, 0.1) is 11.5 Å². The van der Waals surface area contributed by atoms with E-state index in [0.29, 0.717) is 11.1 Å². The van der Waals surface area contributed by atoms with Crippen molar-refractivity contribution in [2.75, 3.05) is 0 Å². The number of fused-ring (bicyclic) bond motifs is 3. The van der Waals surface area contributed by atoms with Crippen LogP contribution in [-0.2, 0) is 6.42 Å². The lowest BCUT2D eigenvalue weighted by Gasteiger charge is -2.26. The summed E-state index contributed by atoms with van der Waals surface area (Å²) in [6.45, 7) is 1.86. The Labute approximate surface area is 109 Å². The highest BCUT2D eigenvalue weighted by Gasteiger charge is 2.29. The van der Waals surface area contributed by atoms with Gasteiger partial charge < -0.3 is 9.52 Å². The van der Waals surface area contributed by atoms with E-state index in [4.69, 9.17) is 16.0 Å². The number of rotatable bonds is 0. The van der Waals surface area contributed by atoms with Crippen molar-refractivity contribution in [2.45, 2.75) is 31.2 Å². The molecule has 0 bridgehead atoms. The number of hydrogen-bond acceptors (Lipinski definition) is 3. The molecule has 3 nitrogen and oxygen atoms in total. The van der Waals surface area contributed by atoms with E-state index in [-0.39, 0.29) is 5.38 Å². The molecule has 1 N–H and O–H groups in total. The summed E-state index contributed by atoms with van der Waals surface area (Å²) in [5, 5.41) is 10.8. The Kier molecular flexibility index (Phi) is 2.68. The van der Waals surface area contributed by atoms with E-state index in [1.807, 2.05) is 19.1 Å². The third-order valence-corrected chi connectivity index (χ3v) is 4.03. The predicted octanol–water partition coefficient (Wildman–Crippen LogP) is 2.69. The second-order valence-electron chi connectivity index (χ2n) is 4.76. The fourth-order valence-electron chi connectivity index (χ4n) is 2.62. The highest BCUT2D eigenvalue weighted by atomic mass is 35.5. The van der Waals surface area contributed by atoms with Gasteiger partial charge in [-0.25, -0.2) is 4.79 Å². The van der Waals surface area contributed by atoms with Gasteiger partial charge in [-0.2, -0.15) is 0 Å². The van der Waals surface area contributed by atoms with Gasteiger partial charge in [-0.1, -0.05) is 12.1 Å². The van der Waals surface area contributed by atoms with Gasteiger partial charge in [-0.05, 0) is 30.9 Å². The molecule has 1 heterocycles. The van der Waals surface area contributed by atoms with Crippen molar-refractivity contribution in [3.05, 3.63) is 45.3 Å². The van der Waals surface area contributed by atoms with Gasteiger partial charge in [0.1, 0.15) is 5.58 Å². The first-order valence-electron chi connectivity index (χ1n) is 5.96. The number of aryl methyl sites for hydroxylation is 2. The van der Waals surface area contributed by atoms with Crippen molar-refractivity contribution >= 4 is 22.6 Å². The molecule has 0 amide bonds. The van der Waals surface area contributed by atoms with E-state index in [1.54, 1.807) is 0 Å². The van der Waals surface area contributed by atoms with Gasteiger partial charge in [-0.15, -0.1) is 11.6 Å². The zero-order valence-electron chi connectivity index (χ0n) is 9.94. The molecule has 0 radical (unpaired) electrons. The maximum absolute atomic E-state index is 11.5. The summed E-state index contributed by atoms with van der Waals surface area (Å²) in [7, 11) is 0. The largest absolute Gasteiger partial charge is 0.422 e. The smallest absolute Gasteiger partial charge is 0.336 e. The quantitative estimate of drug-likeness (QED) is 0.588. The number of hydrogen-bond donors (Lipinski definition) is 1. The Morgan fingerprint density at radius 3 is 3.00 bits per heavy atom. The van der Waals surface area contributed by atoms with E-state index in [1.165, 1.54) is 6.07 Å². The first-order chi connectivity index (χ1) is 8.58. The summed E-state index contributed by atoms with van der Waals surface area (Å²) in [5.74, 6) is 0. The van der Waals surface area contributed by atoms with Crippen LogP contribution in [0.15, 0.2) is 27.4 Å². The van der Waals surface area contributed by atoms with Crippen LogP contribution in [0, 0.1) is 6.92 Å². The van der Waals surface area contributed by atoms with Crippen LogP contribution in [0.2, 0.25) is 0 Å². The molecule has 0 saturated carbocycles. The van der Waals surface area contributed by atoms with Gasteiger partial charge in [0.25, 0.3) is 0 Å². The molecule has 0 saturated heterocycles. The molecule has 2 aromatic rings. The lowest BCUT2D eigenvalue weighted by Crippen LogP contribution is -2.21. The summed E-state index contributed by atoms with van der Waals surface area (Å²) >= 11 is 6.11. The van der Waals surface area contributed by atoms with Crippen LogP contribution in [-0.4, -0.2) is 10.5 Å². The number of aliphatic hydroxyl groups excluding tert-OH is 1. The SMILES string of the molecule is Cc1cc(=O)oc2c3c(ccc12)CC[C@@H](Cl)[C@@H]3O. The van der Waals surface area contributed by atoms with Crippen LogP contribution in [0.5, 0.6) is 0 Å². The Morgan fingerprint density at radius 1 is 1.44 bits per heavy atom. The predicted molar refractivity (Wildman–Crippen MR) is 70.1 cm³/mol. The average Bonchev–Trinajstić information content (AvgIpc) is 2.33. The Balaban J connectivity index is 2.41. The monoisotopic (exact) mass is 264 g/mol. The maximum atomic E-state index is 11.5. The first kappa shape index (κ1) is 11.8. The third kappa shape index (κ3) is 1.66. The van der Waals surface area contributed by atoms with Gasteiger partial charge in [0.15, 0.2) is 0 Å². The molecule has 1 aliphatic carbocycles. The zero-order chi connectivity index (χ0) is 12.9. The summed E-state index contributed by atoms with van der Waals surface area (Å²) in [5.41, 5.74) is 2.64. The van der Waals surface area contributed by atoms with Gasteiger partial charge in [0, 0.05) is 17.0 Å². The lowest BCUT2D eigenvalue weighted by molar-refractivity contribution is 0.161. The van der Waals surface area contributed by atoms with Gasteiger partial charge in [0.2, 0.25) is 0 Å². The molecule has 1 aromatic heterocycles. The van der Waals surface area contributed by atoms with Crippen LogP contribution in [0.1, 0.15) is 29.2 Å². The minimum Gasteiger partial charge on any atom is -0.422 e. The zero-order valence-corrected chi connectivity index (χ0v) is 10.7. The molecule has 1 aromatic carbocycles. The summed E-state index contributed by atoms with van der Waals surface area (Å²) in [6.07, 6.45) is 0.759. The molecule has 0 aliphatic heterocycles. The van der Waals surface area contributed by atoms with Crippen LogP contribution >= 0.6 is 11.6 Å². The van der Waals surface area contributed by atoms with Gasteiger partial charge in [-0.3, -0.25) is 0 Å². The Bertz CT molecular complexity index is 675. The maximum Gasteiger partial charge on any atom is 0.336 e. The number of aliphatic hydroxyl groups is 1. The van der Waals surface area contributed by atoms with Crippen LogP contribution in [0.25, 0.3) is 11.0 Å². The van der Waals surface area contributed by atoms with E-state index >= 15 is 0 Å². The number of benzene rings is 1. The van der Waals surface area contributed by atoms with E-state index in [0.717, 1.165) is 29.4 Å². The minimum atomic E-state index is -0.774. The molecule has 0 fully saturated rings. The third-order valence-electron chi connectivity index (χ3n) is 3.58. The second-order valence-corrected chi connectivity index (χ2v) is 5.32. The summed E-state index contributed by atoms with van der Waals surface area (Å²) in [4.78, 5) is 11.5. The van der Waals surface area contributed by atoms with E-state index < -0.39 is 11.7 Å². The van der Waals surface area contributed by atoms with Gasteiger partial charge >= 0.3 is 5.63 Å². The number of alkyl halides is 1. The fraction of sp³-hybridized carbons (Fsp3) is 0.357. The molecule has 94 valence electrons. The molecule has 0 spiro atoms.